The second kappa shape index (κ2) is 6.83. The summed E-state index contributed by atoms with van der Waals surface area (Å²) in [6, 6.07) is -0.505. The summed E-state index contributed by atoms with van der Waals surface area (Å²) in [5.41, 5.74) is 5.42. The Kier molecular flexibility index (Phi) is 5.71. The first-order chi connectivity index (χ1) is 8.85. The van der Waals surface area contributed by atoms with Crippen LogP contribution >= 0.6 is 11.6 Å². The number of alkyl halides is 1. The number of nitrogens with zero attached hydrogens (tertiary/aromatic N) is 2. The van der Waals surface area contributed by atoms with E-state index in [9.17, 15) is 14.4 Å². The lowest BCUT2D eigenvalue weighted by atomic mass is 9.99. The lowest BCUT2D eigenvalue weighted by Crippen LogP contribution is -2.65. The molecule has 0 bridgehead atoms. The Hall–Kier alpha value is -1.18. The number of halogens is 1. The zero-order valence-electron chi connectivity index (χ0n) is 11.3. The average Bonchev–Trinajstić information content (AvgIpc) is 2.27. The minimum atomic E-state index is -0.505. The summed E-state index contributed by atoms with van der Waals surface area (Å²) >= 11 is 5.86. The normalized spacial score (nSPS) is 24.6. The van der Waals surface area contributed by atoms with Crippen molar-refractivity contribution in [3.63, 3.8) is 0 Å². The Bertz CT molecular complexity index is 351. The van der Waals surface area contributed by atoms with Gasteiger partial charge >= 0.3 is 0 Å². The van der Waals surface area contributed by atoms with Gasteiger partial charge in [-0.3, -0.25) is 19.4 Å². The van der Waals surface area contributed by atoms with Gasteiger partial charge in [-0.1, -0.05) is 0 Å². The molecule has 0 radical (unpaired) electrons. The van der Waals surface area contributed by atoms with Gasteiger partial charge in [0.05, 0.1) is 6.04 Å². The highest BCUT2D eigenvalue weighted by molar-refractivity contribution is 6.18. The molecule has 2 atom stereocenters. The summed E-state index contributed by atoms with van der Waals surface area (Å²) in [5, 5.41) is 2.36. The Morgan fingerprint density at radius 3 is 2.26 bits per heavy atom. The summed E-state index contributed by atoms with van der Waals surface area (Å²) in [4.78, 5) is 34.5. The molecule has 1 aliphatic rings. The number of hydrazine groups is 3. The van der Waals surface area contributed by atoms with Gasteiger partial charge in [-0.05, 0) is 19.3 Å². The third-order valence-corrected chi connectivity index (χ3v) is 3.36. The number of carbonyl (C=O) groups is 3. The molecule has 19 heavy (non-hydrogen) atoms. The molecule has 108 valence electrons. The number of amides is 2. The van der Waals surface area contributed by atoms with Gasteiger partial charge in [0.2, 0.25) is 11.8 Å². The Balaban J connectivity index is 2.92. The minimum Gasteiger partial charge on any atom is -0.298 e. The third kappa shape index (κ3) is 4.45. The van der Waals surface area contributed by atoms with Crippen molar-refractivity contribution in [1.29, 1.82) is 0 Å². The van der Waals surface area contributed by atoms with Gasteiger partial charge in [0.25, 0.3) is 0 Å². The van der Waals surface area contributed by atoms with E-state index in [1.54, 1.807) is 0 Å². The molecule has 1 fully saturated rings. The molecule has 0 saturated carbocycles. The molecule has 7 nitrogen and oxygen atoms in total. The second-order valence-corrected chi connectivity index (χ2v) is 4.94. The number of hydrogen-bond acceptors (Lipinski definition) is 5. The first kappa shape index (κ1) is 15.9. The minimum absolute atomic E-state index is 0.0337. The van der Waals surface area contributed by atoms with Crippen molar-refractivity contribution in [2.24, 2.45) is 5.92 Å². The lowest BCUT2D eigenvalue weighted by Gasteiger charge is -2.37. The van der Waals surface area contributed by atoms with Gasteiger partial charge in [0, 0.05) is 26.3 Å². The number of hydrogen-bond donors (Lipinski definition) is 2. The van der Waals surface area contributed by atoms with E-state index in [1.165, 1.54) is 25.8 Å². The lowest BCUT2D eigenvalue weighted by molar-refractivity contribution is -0.157. The van der Waals surface area contributed by atoms with E-state index in [1.807, 2.05) is 0 Å². The maximum Gasteiger partial charge on any atom is 0.249 e. The molecule has 2 N–H and O–H groups in total. The van der Waals surface area contributed by atoms with Crippen LogP contribution in [0.2, 0.25) is 0 Å². The number of Topliss-reactive ketones (excluding diaryl/α,β-unsaturated/α-hetero) is 1. The van der Waals surface area contributed by atoms with Crippen LogP contribution in [0.5, 0.6) is 0 Å². The molecule has 8 heteroatoms. The highest BCUT2D eigenvalue weighted by Crippen LogP contribution is 2.14. The molecule has 1 heterocycles. The number of rotatable bonds is 2. The van der Waals surface area contributed by atoms with E-state index < -0.39 is 6.04 Å². The molecule has 0 aromatic carbocycles. The number of carbonyl (C=O) groups excluding carboxylic acids is 3. The van der Waals surface area contributed by atoms with Crippen LogP contribution in [0.25, 0.3) is 0 Å². The van der Waals surface area contributed by atoms with Gasteiger partial charge in [0.1, 0.15) is 5.78 Å². The summed E-state index contributed by atoms with van der Waals surface area (Å²) in [6.45, 7) is 4.51. The quantitative estimate of drug-likeness (QED) is 0.690. The van der Waals surface area contributed by atoms with Crippen LogP contribution < -0.4 is 11.0 Å². The van der Waals surface area contributed by atoms with E-state index in [4.69, 9.17) is 11.6 Å². The largest absolute Gasteiger partial charge is 0.298 e. The van der Waals surface area contributed by atoms with Crippen molar-refractivity contribution in [3.05, 3.63) is 0 Å². The summed E-state index contributed by atoms with van der Waals surface area (Å²) in [6.07, 6.45) is 0.466. The van der Waals surface area contributed by atoms with Crippen molar-refractivity contribution in [1.82, 2.24) is 21.1 Å². The number of ketones is 1. The molecule has 0 aliphatic carbocycles. The van der Waals surface area contributed by atoms with E-state index in [0.29, 0.717) is 18.8 Å². The number of nitrogens with one attached hydrogen (secondary N) is 2. The maximum atomic E-state index is 11.6. The van der Waals surface area contributed by atoms with Crippen molar-refractivity contribution in [2.45, 2.75) is 33.2 Å². The van der Waals surface area contributed by atoms with Crippen LogP contribution in [0.3, 0.4) is 0 Å². The fraction of sp³-hybridized carbons (Fsp3) is 0.727. The maximum absolute atomic E-state index is 11.6. The molecule has 1 aliphatic heterocycles. The van der Waals surface area contributed by atoms with Crippen LogP contribution in [-0.2, 0) is 14.4 Å². The average molecular weight is 291 g/mol. The van der Waals surface area contributed by atoms with E-state index in [2.05, 4.69) is 11.0 Å². The van der Waals surface area contributed by atoms with Gasteiger partial charge in [-0.25, -0.2) is 5.43 Å². The van der Waals surface area contributed by atoms with Gasteiger partial charge in [0.15, 0.2) is 0 Å². The topological polar surface area (TPSA) is 81.8 Å². The van der Waals surface area contributed by atoms with Gasteiger partial charge in [-0.15, -0.1) is 17.1 Å². The molecule has 0 aromatic heterocycles. The zero-order valence-corrected chi connectivity index (χ0v) is 12.0. The predicted molar refractivity (Wildman–Crippen MR) is 69.5 cm³/mol. The predicted octanol–water partition coefficient (Wildman–Crippen LogP) is -0.176. The summed E-state index contributed by atoms with van der Waals surface area (Å²) in [5.74, 6) is -0.365. The molecule has 1 saturated heterocycles. The molecule has 0 aromatic rings. The van der Waals surface area contributed by atoms with Crippen molar-refractivity contribution in [2.75, 3.05) is 12.4 Å². The Labute approximate surface area is 117 Å². The van der Waals surface area contributed by atoms with Crippen LogP contribution in [0.4, 0.5) is 0 Å². The molecular formula is C11H19ClN4O3. The van der Waals surface area contributed by atoms with Crippen LogP contribution in [0, 0.1) is 5.92 Å². The van der Waals surface area contributed by atoms with Crippen molar-refractivity contribution in [3.8, 4) is 0 Å². The molecule has 2 unspecified atom stereocenters. The Morgan fingerprint density at radius 2 is 1.84 bits per heavy atom. The smallest absolute Gasteiger partial charge is 0.249 e. The fourth-order valence-electron chi connectivity index (χ4n) is 1.79. The summed E-state index contributed by atoms with van der Waals surface area (Å²) in [7, 11) is 0. The monoisotopic (exact) mass is 290 g/mol. The van der Waals surface area contributed by atoms with E-state index in [-0.39, 0.29) is 23.5 Å². The summed E-state index contributed by atoms with van der Waals surface area (Å²) < 4.78 is 0. The second-order valence-electron chi connectivity index (χ2n) is 4.63. The van der Waals surface area contributed by atoms with Gasteiger partial charge < -0.3 is 0 Å². The van der Waals surface area contributed by atoms with Crippen molar-refractivity contribution >= 4 is 29.2 Å². The zero-order chi connectivity index (χ0) is 14.6. The third-order valence-electron chi connectivity index (χ3n) is 2.92. The standard InChI is InChI=1S/C11H19ClN4O3/c1-7(17)11-4-10(5-12)6-15(8(2)18)14-16(13-11)9(3)19/h10-11,13-14H,4-6H2,1-3H3. The highest BCUT2D eigenvalue weighted by Gasteiger charge is 2.29. The van der Waals surface area contributed by atoms with Gasteiger partial charge in [-0.2, -0.15) is 5.12 Å². The highest BCUT2D eigenvalue weighted by atomic mass is 35.5. The van der Waals surface area contributed by atoms with Crippen LogP contribution in [-0.4, -0.2) is 46.2 Å². The fourth-order valence-corrected chi connectivity index (χ4v) is 2.02. The molecule has 1 rings (SSSR count). The molecule has 2 amide bonds. The Morgan fingerprint density at radius 1 is 1.21 bits per heavy atom. The molecular weight excluding hydrogens is 272 g/mol. The van der Waals surface area contributed by atoms with Crippen molar-refractivity contribution < 1.29 is 14.4 Å². The molecule has 0 spiro atoms. The first-order valence-corrected chi connectivity index (χ1v) is 6.56. The van der Waals surface area contributed by atoms with Crippen LogP contribution in [0.1, 0.15) is 27.2 Å². The SMILES string of the molecule is CC(=O)C1CC(CCl)CN(C(C)=O)NN(C(C)=O)N1. The first-order valence-electron chi connectivity index (χ1n) is 6.02. The van der Waals surface area contributed by atoms with E-state index in [0.717, 1.165) is 5.12 Å². The van der Waals surface area contributed by atoms with Crippen LogP contribution in [0.15, 0.2) is 0 Å². The van der Waals surface area contributed by atoms with E-state index >= 15 is 0 Å².